The van der Waals surface area contributed by atoms with Crippen LogP contribution in [-0.4, -0.2) is 49.4 Å². The zero-order valence-corrected chi connectivity index (χ0v) is 8.04. The molecule has 0 saturated heterocycles. The van der Waals surface area contributed by atoms with Crippen molar-refractivity contribution in [3.63, 3.8) is 0 Å². The standard InChI is InChI=1S/C3H7N3O2.In/c4-3(5)6-1-2(7)8;/h1H2,(H,7,8)(H4,4,5,6);. The van der Waals surface area contributed by atoms with Crippen LogP contribution in [0.4, 0.5) is 0 Å². The number of carboxylic acids is 1. The summed E-state index contributed by atoms with van der Waals surface area (Å²) in [5.41, 5.74) is 9.61. The fourth-order valence-corrected chi connectivity index (χ4v) is 0.159. The minimum Gasteiger partial charge on any atom is -0.480 e. The van der Waals surface area contributed by atoms with E-state index in [1.54, 1.807) is 0 Å². The average Bonchev–Trinajstić information content (AvgIpc) is 1.61. The molecule has 0 aromatic carbocycles. The Hall–Kier alpha value is -0.390. The number of guanidine groups is 1. The van der Waals surface area contributed by atoms with Gasteiger partial charge in [-0.05, 0) is 0 Å². The van der Waals surface area contributed by atoms with Crippen molar-refractivity contribution in [2.45, 2.75) is 0 Å². The largest absolute Gasteiger partial charge is 0.480 e. The molecule has 0 aromatic heterocycles. The Kier molecular flexibility index (Phi) is 7.28. The van der Waals surface area contributed by atoms with Crippen molar-refractivity contribution in [1.82, 2.24) is 0 Å². The molecule has 0 rings (SSSR count). The van der Waals surface area contributed by atoms with Gasteiger partial charge in [-0.3, -0.25) is 4.79 Å². The Balaban J connectivity index is 0. The zero-order valence-electron chi connectivity index (χ0n) is 4.74. The topological polar surface area (TPSA) is 102 Å². The maximum Gasteiger partial charge on any atom is 0.325 e. The molecule has 5 nitrogen and oxygen atoms in total. The van der Waals surface area contributed by atoms with E-state index in [2.05, 4.69) is 4.99 Å². The molecule has 0 aliphatic carbocycles. The molecule has 3 radical (unpaired) electrons. The second kappa shape index (κ2) is 5.74. The molecule has 0 atom stereocenters. The fourth-order valence-electron chi connectivity index (χ4n) is 0.159. The molecule has 9 heavy (non-hydrogen) atoms. The van der Waals surface area contributed by atoms with E-state index in [1.807, 2.05) is 0 Å². The van der Waals surface area contributed by atoms with Crippen LogP contribution in [0.15, 0.2) is 4.99 Å². The molecule has 0 aliphatic heterocycles. The summed E-state index contributed by atoms with van der Waals surface area (Å²) in [5, 5.41) is 7.94. The van der Waals surface area contributed by atoms with E-state index in [0.29, 0.717) is 0 Å². The van der Waals surface area contributed by atoms with Gasteiger partial charge in [0.15, 0.2) is 5.96 Å². The van der Waals surface area contributed by atoms with E-state index >= 15 is 0 Å². The van der Waals surface area contributed by atoms with Gasteiger partial charge in [0.2, 0.25) is 0 Å². The van der Waals surface area contributed by atoms with Crippen LogP contribution in [0, 0.1) is 0 Å². The maximum atomic E-state index is 9.69. The quantitative estimate of drug-likeness (QED) is 0.377. The fraction of sp³-hybridized carbons (Fsp3) is 0.333. The minimum atomic E-state index is -1.04. The minimum absolute atomic E-state index is 0. The van der Waals surface area contributed by atoms with Crippen LogP contribution in [0.5, 0.6) is 0 Å². The summed E-state index contributed by atoms with van der Waals surface area (Å²) in [6.07, 6.45) is 0. The molecular formula is C3H7InN3O2. The van der Waals surface area contributed by atoms with Crippen molar-refractivity contribution in [2.24, 2.45) is 16.5 Å². The SMILES string of the molecule is NC(N)=NCC(=O)O.[In]. The molecule has 0 saturated carbocycles. The predicted molar refractivity (Wildman–Crippen MR) is 34.1 cm³/mol. The second-order valence-electron chi connectivity index (χ2n) is 1.13. The number of hydrogen-bond acceptors (Lipinski definition) is 2. The van der Waals surface area contributed by atoms with Gasteiger partial charge in [0.25, 0.3) is 0 Å². The summed E-state index contributed by atoms with van der Waals surface area (Å²) in [5.74, 6) is -1.24. The van der Waals surface area contributed by atoms with Crippen molar-refractivity contribution in [1.29, 1.82) is 0 Å². The zero-order chi connectivity index (χ0) is 6.57. The van der Waals surface area contributed by atoms with Gasteiger partial charge in [-0.25, -0.2) is 4.99 Å². The molecule has 0 spiro atoms. The molecule has 5 N–H and O–H groups in total. The Morgan fingerprint density at radius 1 is 1.56 bits per heavy atom. The summed E-state index contributed by atoms with van der Waals surface area (Å²) in [6.45, 7) is -0.359. The van der Waals surface area contributed by atoms with Crippen LogP contribution in [-0.2, 0) is 4.79 Å². The van der Waals surface area contributed by atoms with Gasteiger partial charge in [-0.2, -0.15) is 0 Å². The maximum absolute atomic E-state index is 9.69. The normalized spacial score (nSPS) is 7.11. The monoisotopic (exact) mass is 232 g/mol. The van der Waals surface area contributed by atoms with Gasteiger partial charge in [0.1, 0.15) is 6.54 Å². The van der Waals surface area contributed by atoms with Crippen LogP contribution in [0.3, 0.4) is 0 Å². The first-order valence-corrected chi connectivity index (χ1v) is 1.90. The van der Waals surface area contributed by atoms with Crippen LogP contribution in [0.1, 0.15) is 0 Å². The third-order valence-corrected chi connectivity index (χ3v) is 0.397. The number of aliphatic imine (C=N–C) groups is 1. The van der Waals surface area contributed by atoms with E-state index < -0.39 is 5.97 Å². The Bertz CT molecular complexity index is 120. The Labute approximate surface area is 70.9 Å². The van der Waals surface area contributed by atoms with Crippen molar-refractivity contribution >= 4 is 37.8 Å². The molecule has 49 valence electrons. The Morgan fingerprint density at radius 2 is 2.00 bits per heavy atom. The number of carboxylic acid groups (broad SMARTS) is 1. The van der Waals surface area contributed by atoms with Crippen LogP contribution in [0.2, 0.25) is 0 Å². The molecule has 0 bridgehead atoms. The molecule has 0 heterocycles. The predicted octanol–water partition coefficient (Wildman–Crippen LogP) is -2.04. The van der Waals surface area contributed by atoms with Gasteiger partial charge in [0.05, 0.1) is 0 Å². The molecule has 0 amide bonds. The van der Waals surface area contributed by atoms with Gasteiger partial charge < -0.3 is 16.6 Å². The van der Waals surface area contributed by atoms with Crippen LogP contribution < -0.4 is 11.5 Å². The molecule has 0 aliphatic rings. The molecule has 0 aromatic rings. The first kappa shape index (κ1) is 11.4. The number of nitrogens with two attached hydrogens (primary N) is 2. The van der Waals surface area contributed by atoms with Gasteiger partial charge in [-0.15, -0.1) is 0 Å². The third kappa shape index (κ3) is 11.3. The van der Waals surface area contributed by atoms with Gasteiger partial charge >= 0.3 is 5.97 Å². The van der Waals surface area contributed by atoms with Crippen molar-refractivity contribution in [3.05, 3.63) is 0 Å². The first-order valence-electron chi connectivity index (χ1n) is 1.90. The molecule has 6 heteroatoms. The smallest absolute Gasteiger partial charge is 0.325 e. The third-order valence-electron chi connectivity index (χ3n) is 0.397. The second-order valence-corrected chi connectivity index (χ2v) is 1.13. The van der Waals surface area contributed by atoms with E-state index in [9.17, 15) is 4.79 Å². The summed E-state index contributed by atoms with van der Waals surface area (Å²) >= 11 is 0. The van der Waals surface area contributed by atoms with E-state index in [1.165, 1.54) is 0 Å². The molecule has 0 fully saturated rings. The Morgan fingerprint density at radius 3 is 2.11 bits per heavy atom. The number of carbonyl (C=O) groups is 1. The molecule has 0 unspecified atom stereocenters. The summed E-state index contributed by atoms with van der Waals surface area (Å²) < 4.78 is 0. The van der Waals surface area contributed by atoms with E-state index in [4.69, 9.17) is 16.6 Å². The first-order chi connectivity index (χ1) is 3.63. The van der Waals surface area contributed by atoms with Crippen molar-refractivity contribution < 1.29 is 9.90 Å². The number of rotatable bonds is 2. The summed E-state index contributed by atoms with van der Waals surface area (Å²) in [7, 11) is 0. The summed E-state index contributed by atoms with van der Waals surface area (Å²) in [6, 6.07) is 0. The van der Waals surface area contributed by atoms with Crippen molar-refractivity contribution in [3.8, 4) is 0 Å². The number of aliphatic carboxylic acids is 1. The number of hydrogen-bond donors (Lipinski definition) is 3. The van der Waals surface area contributed by atoms with Gasteiger partial charge in [0, 0.05) is 25.8 Å². The molecular weight excluding hydrogens is 225 g/mol. The van der Waals surface area contributed by atoms with E-state index in [-0.39, 0.29) is 38.3 Å². The summed E-state index contributed by atoms with van der Waals surface area (Å²) in [4.78, 5) is 12.9. The van der Waals surface area contributed by atoms with Crippen LogP contribution >= 0.6 is 0 Å². The van der Waals surface area contributed by atoms with Crippen LogP contribution in [0.25, 0.3) is 0 Å². The average molecular weight is 232 g/mol. The number of nitrogens with zero attached hydrogens (tertiary/aromatic N) is 1. The van der Waals surface area contributed by atoms with Gasteiger partial charge in [-0.1, -0.05) is 0 Å². The van der Waals surface area contributed by atoms with E-state index in [0.717, 1.165) is 0 Å². The van der Waals surface area contributed by atoms with Crippen molar-refractivity contribution in [2.75, 3.05) is 6.54 Å².